The lowest BCUT2D eigenvalue weighted by Crippen LogP contribution is -2.23. The van der Waals surface area contributed by atoms with Crippen LogP contribution >= 0.6 is 0 Å². The molecule has 1 aliphatic carbocycles. The van der Waals surface area contributed by atoms with E-state index in [0.29, 0.717) is 17.8 Å². The molecule has 0 amide bonds. The lowest BCUT2D eigenvalue weighted by Gasteiger charge is -2.18. The van der Waals surface area contributed by atoms with Gasteiger partial charge in [0.15, 0.2) is 11.5 Å². The Balaban J connectivity index is 2.13. The lowest BCUT2D eigenvalue weighted by molar-refractivity contribution is -0.134. The van der Waals surface area contributed by atoms with Crippen LogP contribution in [0.5, 0.6) is 0 Å². The van der Waals surface area contributed by atoms with Crippen molar-refractivity contribution in [3.8, 4) is 0 Å². The molecule has 0 atom stereocenters. The molecule has 1 N–H and O–H groups in total. The summed E-state index contributed by atoms with van der Waals surface area (Å²) in [6.45, 7) is 3.72. The molecule has 1 heterocycles. The fourth-order valence-electron chi connectivity index (χ4n) is 2.01. The van der Waals surface area contributed by atoms with Gasteiger partial charge in [-0.2, -0.15) is 0 Å². The smallest absolute Gasteiger partial charge is 0.268 e. The molecule has 0 aromatic rings. The quantitative estimate of drug-likeness (QED) is 0.470. The summed E-state index contributed by atoms with van der Waals surface area (Å²) in [5.41, 5.74) is 0.449. The molecule has 0 saturated carbocycles. The SMILES string of the molecule is CCNCCCC1=CC(=O)C(=O)C(=C2C=CC(=O)C=C2)O1. The van der Waals surface area contributed by atoms with E-state index in [1.54, 1.807) is 0 Å². The zero-order valence-corrected chi connectivity index (χ0v) is 11.8. The van der Waals surface area contributed by atoms with Crippen molar-refractivity contribution in [2.75, 3.05) is 13.1 Å². The third-order valence-corrected chi connectivity index (χ3v) is 3.10. The molecular weight excluding hydrogens is 270 g/mol. The van der Waals surface area contributed by atoms with Crippen molar-refractivity contribution < 1.29 is 19.1 Å². The molecule has 0 spiro atoms. The Morgan fingerprint density at radius 1 is 1.10 bits per heavy atom. The molecule has 2 aliphatic rings. The van der Waals surface area contributed by atoms with Crippen molar-refractivity contribution in [3.05, 3.63) is 47.5 Å². The lowest BCUT2D eigenvalue weighted by atomic mass is 10.0. The van der Waals surface area contributed by atoms with E-state index in [1.165, 1.54) is 30.4 Å². The number of hydrogen-bond donors (Lipinski definition) is 1. The largest absolute Gasteiger partial charge is 0.457 e. The van der Waals surface area contributed by atoms with Gasteiger partial charge in [-0.3, -0.25) is 14.4 Å². The third-order valence-electron chi connectivity index (χ3n) is 3.10. The summed E-state index contributed by atoms with van der Waals surface area (Å²) in [5.74, 6) is -0.931. The molecule has 21 heavy (non-hydrogen) atoms. The van der Waals surface area contributed by atoms with E-state index in [9.17, 15) is 14.4 Å². The molecule has 0 radical (unpaired) electrons. The van der Waals surface area contributed by atoms with E-state index in [1.807, 2.05) is 6.92 Å². The monoisotopic (exact) mass is 287 g/mol. The Bertz CT molecular complexity index is 575. The Labute approximate surface area is 123 Å². The molecule has 0 aromatic carbocycles. The van der Waals surface area contributed by atoms with Crippen molar-refractivity contribution in [3.63, 3.8) is 0 Å². The zero-order valence-electron chi connectivity index (χ0n) is 11.8. The maximum absolute atomic E-state index is 11.9. The number of allylic oxidation sites excluding steroid dienone is 8. The van der Waals surface area contributed by atoms with Crippen LogP contribution in [0.1, 0.15) is 19.8 Å². The number of ether oxygens (including phenoxy) is 1. The molecule has 2 rings (SSSR count). The average molecular weight is 287 g/mol. The molecule has 5 nitrogen and oxygen atoms in total. The number of ketones is 3. The summed E-state index contributed by atoms with van der Waals surface area (Å²) < 4.78 is 5.55. The number of hydrogen-bond acceptors (Lipinski definition) is 5. The normalized spacial score (nSPS) is 18.1. The molecular formula is C16H17NO4. The summed E-state index contributed by atoms with van der Waals surface area (Å²) in [6, 6.07) is 0. The summed E-state index contributed by atoms with van der Waals surface area (Å²) in [6.07, 6.45) is 8.30. The minimum atomic E-state index is -0.677. The highest BCUT2D eigenvalue weighted by atomic mass is 16.5. The first-order valence-electron chi connectivity index (χ1n) is 6.94. The molecule has 1 aliphatic heterocycles. The van der Waals surface area contributed by atoms with Crippen LogP contribution in [0.25, 0.3) is 0 Å². The van der Waals surface area contributed by atoms with Crippen LogP contribution < -0.4 is 5.32 Å². The Hall–Kier alpha value is -2.27. The van der Waals surface area contributed by atoms with Gasteiger partial charge in [0.1, 0.15) is 5.76 Å². The second-order valence-electron chi connectivity index (χ2n) is 4.72. The highest BCUT2D eigenvalue weighted by Gasteiger charge is 2.28. The summed E-state index contributed by atoms with van der Waals surface area (Å²) in [7, 11) is 0. The number of Topliss-reactive ketones (excluding diaryl/α,β-unsaturated/α-hetero) is 1. The fourth-order valence-corrected chi connectivity index (χ4v) is 2.01. The maximum Gasteiger partial charge on any atom is 0.268 e. The van der Waals surface area contributed by atoms with Gasteiger partial charge in [0, 0.05) is 18.1 Å². The molecule has 0 unspecified atom stereocenters. The van der Waals surface area contributed by atoms with Gasteiger partial charge in [0.2, 0.25) is 5.78 Å². The van der Waals surface area contributed by atoms with E-state index in [4.69, 9.17) is 4.74 Å². The van der Waals surface area contributed by atoms with E-state index in [2.05, 4.69) is 5.32 Å². The Morgan fingerprint density at radius 3 is 2.48 bits per heavy atom. The Kier molecular flexibility index (Phi) is 5.00. The van der Waals surface area contributed by atoms with E-state index in [0.717, 1.165) is 19.5 Å². The summed E-state index contributed by atoms with van der Waals surface area (Å²) >= 11 is 0. The maximum atomic E-state index is 11.9. The first-order chi connectivity index (χ1) is 10.1. The number of rotatable bonds is 5. The van der Waals surface area contributed by atoms with Crippen molar-refractivity contribution in [1.82, 2.24) is 5.32 Å². The fraction of sp³-hybridized carbons (Fsp3) is 0.312. The minimum absolute atomic E-state index is 0.000880. The van der Waals surface area contributed by atoms with Gasteiger partial charge in [-0.15, -0.1) is 0 Å². The van der Waals surface area contributed by atoms with Gasteiger partial charge in [-0.25, -0.2) is 0 Å². The van der Waals surface area contributed by atoms with Crippen LogP contribution in [0.4, 0.5) is 0 Å². The van der Waals surface area contributed by atoms with Crippen LogP contribution in [0.3, 0.4) is 0 Å². The molecule has 0 saturated heterocycles. The predicted molar refractivity (Wildman–Crippen MR) is 77.3 cm³/mol. The molecule has 110 valence electrons. The average Bonchev–Trinajstić information content (AvgIpc) is 2.48. The zero-order chi connectivity index (χ0) is 15.2. The van der Waals surface area contributed by atoms with Crippen LogP contribution in [-0.2, 0) is 19.1 Å². The number of nitrogens with one attached hydrogen (secondary N) is 1. The van der Waals surface area contributed by atoms with Crippen molar-refractivity contribution >= 4 is 17.3 Å². The first kappa shape index (κ1) is 15.1. The first-order valence-corrected chi connectivity index (χ1v) is 6.94. The predicted octanol–water partition coefficient (Wildman–Crippen LogP) is 1.38. The molecule has 5 heteroatoms. The molecule has 0 bridgehead atoms. The number of carbonyl (C=O) groups is 3. The highest BCUT2D eigenvalue weighted by Crippen LogP contribution is 2.24. The third kappa shape index (κ3) is 3.86. The van der Waals surface area contributed by atoms with Gasteiger partial charge in [0.25, 0.3) is 5.78 Å². The van der Waals surface area contributed by atoms with Gasteiger partial charge < -0.3 is 10.1 Å². The van der Waals surface area contributed by atoms with E-state index < -0.39 is 11.6 Å². The molecule has 0 fully saturated rings. The summed E-state index contributed by atoms with van der Waals surface area (Å²) in [5, 5.41) is 3.18. The van der Waals surface area contributed by atoms with Crippen LogP contribution in [0, 0.1) is 0 Å². The topological polar surface area (TPSA) is 72.5 Å². The Morgan fingerprint density at radius 2 is 1.81 bits per heavy atom. The number of carbonyl (C=O) groups excluding carboxylic acids is 3. The van der Waals surface area contributed by atoms with Crippen molar-refractivity contribution in [2.45, 2.75) is 19.8 Å². The van der Waals surface area contributed by atoms with Crippen molar-refractivity contribution in [1.29, 1.82) is 0 Å². The van der Waals surface area contributed by atoms with Crippen LogP contribution in [-0.4, -0.2) is 30.4 Å². The second-order valence-corrected chi connectivity index (χ2v) is 4.72. The van der Waals surface area contributed by atoms with E-state index in [-0.39, 0.29) is 11.5 Å². The van der Waals surface area contributed by atoms with E-state index >= 15 is 0 Å². The molecule has 0 aromatic heterocycles. The van der Waals surface area contributed by atoms with Crippen molar-refractivity contribution in [2.24, 2.45) is 0 Å². The van der Waals surface area contributed by atoms with Gasteiger partial charge in [-0.05, 0) is 43.8 Å². The van der Waals surface area contributed by atoms with Gasteiger partial charge in [0.05, 0.1) is 0 Å². The summed E-state index contributed by atoms with van der Waals surface area (Å²) in [4.78, 5) is 34.7. The van der Waals surface area contributed by atoms with Gasteiger partial charge >= 0.3 is 0 Å². The van der Waals surface area contributed by atoms with Crippen LogP contribution in [0.15, 0.2) is 47.5 Å². The standard InChI is InChI=1S/C16H17NO4/c1-2-17-9-3-4-13-10-14(19)15(20)16(21-13)11-5-7-12(18)8-6-11/h5-8,10,17H,2-4,9H2,1H3. The van der Waals surface area contributed by atoms with Gasteiger partial charge in [-0.1, -0.05) is 6.92 Å². The second kappa shape index (κ2) is 6.95. The highest BCUT2D eigenvalue weighted by molar-refractivity contribution is 6.47. The van der Waals surface area contributed by atoms with Crippen LogP contribution in [0.2, 0.25) is 0 Å². The minimum Gasteiger partial charge on any atom is -0.457 e.